The van der Waals surface area contributed by atoms with Gasteiger partial charge in [0.05, 0.1) is 0 Å². The molecule has 0 aromatic rings. The van der Waals surface area contributed by atoms with Crippen LogP contribution in [-0.4, -0.2) is 62.2 Å². The Hall–Kier alpha value is -2.17. The van der Waals surface area contributed by atoms with Crippen LogP contribution in [0.15, 0.2) is 0 Å². The van der Waals surface area contributed by atoms with Crippen LogP contribution in [0.1, 0.15) is 26.7 Å². The highest BCUT2D eigenvalue weighted by atomic mass is 32.2. The van der Waals surface area contributed by atoms with Crippen molar-refractivity contribution in [2.45, 2.75) is 36.2 Å². The van der Waals surface area contributed by atoms with Crippen LogP contribution in [0.2, 0.25) is 0 Å². The summed E-state index contributed by atoms with van der Waals surface area (Å²) in [6.07, 6.45) is -2.08. The van der Waals surface area contributed by atoms with Crippen molar-refractivity contribution in [2.24, 2.45) is 0 Å². The number of carboxylic acids is 4. The molecule has 0 aromatic carbocycles. The fraction of sp³-hybridized carbons (Fsp3) is 0.600. The summed E-state index contributed by atoms with van der Waals surface area (Å²) < 4.78 is 17.6. The van der Waals surface area contributed by atoms with Gasteiger partial charge in [-0.25, -0.2) is 27.6 Å². The predicted molar refractivity (Wildman–Crippen MR) is 65.5 cm³/mol. The highest BCUT2D eigenvalue weighted by Gasteiger charge is 2.70. The van der Waals surface area contributed by atoms with E-state index in [0.717, 1.165) is 13.8 Å². The molecule has 0 fully saturated rings. The van der Waals surface area contributed by atoms with Crippen molar-refractivity contribution in [3.8, 4) is 0 Å². The van der Waals surface area contributed by atoms with Crippen LogP contribution < -0.4 is 0 Å². The first-order valence-corrected chi connectivity index (χ1v) is 7.06. The Kier molecular flexibility index (Phi) is 5.09. The monoisotopic (exact) mass is 326 g/mol. The Balaban J connectivity index is 6.92. The Bertz CT molecular complexity index is 513. The SMILES string of the molecule is CCC(C(=O)O)(C(=O)O)S(=O)(=O)C(CC)(C(=O)O)C(=O)O. The van der Waals surface area contributed by atoms with Crippen molar-refractivity contribution in [2.75, 3.05) is 0 Å². The minimum absolute atomic E-state index is 0.893. The number of carboxylic acid groups (broad SMARTS) is 4. The third kappa shape index (κ3) is 2.13. The topological polar surface area (TPSA) is 183 Å². The van der Waals surface area contributed by atoms with Crippen LogP contribution in [0, 0.1) is 0 Å². The van der Waals surface area contributed by atoms with Gasteiger partial charge in [-0.3, -0.25) is 0 Å². The smallest absolute Gasteiger partial charge is 0.336 e. The van der Waals surface area contributed by atoms with E-state index in [0.29, 0.717) is 0 Å². The zero-order valence-corrected chi connectivity index (χ0v) is 11.9. The van der Waals surface area contributed by atoms with Gasteiger partial charge in [-0.05, 0) is 12.8 Å². The van der Waals surface area contributed by atoms with E-state index >= 15 is 0 Å². The van der Waals surface area contributed by atoms with E-state index in [1.54, 1.807) is 0 Å². The van der Waals surface area contributed by atoms with E-state index in [-0.39, 0.29) is 0 Å². The van der Waals surface area contributed by atoms with E-state index in [9.17, 15) is 27.6 Å². The van der Waals surface area contributed by atoms with Gasteiger partial charge in [0.15, 0.2) is 0 Å². The second-order valence-electron chi connectivity index (χ2n) is 4.09. The molecule has 0 radical (unpaired) electrons. The van der Waals surface area contributed by atoms with Crippen molar-refractivity contribution < 1.29 is 48.0 Å². The quantitative estimate of drug-likeness (QED) is 0.405. The van der Waals surface area contributed by atoms with Gasteiger partial charge in [-0.2, -0.15) is 0 Å². The second-order valence-corrected chi connectivity index (χ2v) is 6.49. The van der Waals surface area contributed by atoms with Gasteiger partial charge in [0, 0.05) is 0 Å². The molecule has 21 heavy (non-hydrogen) atoms. The van der Waals surface area contributed by atoms with Crippen molar-refractivity contribution >= 4 is 33.7 Å². The van der Waals surface area contributed by atoms with Crippen molar-refractivity contribution in [3.05, 3.63) is 0 Å². The lowest BCUT2D eigenvalue weighted by Gasteiger charge is -2.32. The van der Waals surface area contributed by atoms with Gasteiger partial charge in [0.2, 0.25) is 9.84 Å². The fourth-order valence-electron chi connectivity index (χ4n) is 1.93. The molecule has 0 aromatic heterocycles. The van der Waals surface area contributed by atoms with Crippen LogP contribution in [0.5, 0.6) is 0 Å². The first-order valence-electron chi connectivity index (χ1n) is 5.57. The summed E-state index contributed by atoms with van der Waals surface area (Å²) in [5, 5.41) is 36.0. The predicted octanol–water partition coefficient (Wildman–Crippen LogP) is -0.963. The van der Waals surface area contributed by atoms with Crippen LogP contribution >= 0.6 is 0 Å². The largest absolute Gasteiger partial charge is 0.480 e. The zero-order valence-electron chi connectivity index (χ0n) is 11.1. The molecule has 0 saturated heterocycles. The van der Waals surface area contributed by atoms with Crippen molar-refractivity contribution in [3.63, 3.8) is 0 Å². The summed E-state index contributed by atoms with van der Waals surface area (Å²) in [5.41, 5.74) is 0. The maximum Gasteiger partial charge on any atom is 0.336 e. The van der Waals surface area contributed by atoms with Crippen LogP contribution in [-0.2, 0) is 29.0 Å². The first-order chi connectivity index (χ1) is 9.39. The number of sulfone groups is 1. The summed E-state index contributed by atoms with van der Waals surface area (Å²) >= 11 is 0. The van der Waals surface area contributed by atoms with Crippen LogP contribution in [0.4, 0.5) is 0 Å². The molecule has 0 saturated carbocycles. The molecule has 0 aliphatic carbocycles. The molecule has 0 aliphatic heterocycles. The van der Waals surface area contributed by atoms with Crippen LogP contribution in [0.25, 0.3) is 0 Å². The van der Waals surface area contributed by atoms with E-state index in [4.69, 9.17) is 20.4 Å². The lowest BCUT2D eigenvalue weighted by Crippen LogP contribution is -2.65. The minimum atomic E-state index is -5.68. The Morgan fingerprint density at radius 2 is 0.905 bits per heavy atom. The molecule has 0 aliphatic rings. The highest BCUT2D eigenvalue weighted by Crippen LogP contribution is 2.36. The molecule has 0 unspecified atom stereocenters. The van der Waals surface area contributed by atoms with Gasteiger partial charge >= 0.3 is 23.9 Å². The first kappa shape index (κ1) is 18.8. The Morgan fingerprint density at radius 3 is 1.00 bits per heavy atom. The van der Waals surface area contributed by atoms with Crippen LogP contribution in [0.3, 0.4) is 0 Å². The number of carbonyl (C=O) groups is 4. The summed E-state index contributed by atoms with van der Waals surface area (Å²) in [6, 6.07) is 0. The molecule has 0 bridgehead atoms. The minimum Gasteiger partial charge on any atom is -0.480 e. The summed E-state index contributed by atoms with van der Waals surface area (Å²) in [6.45, 7) is 1.79. The molecule has 0 rings (SSSR count). The van der Waals surface area contributed by atoms with E-state index in [1.807, 2.05) is 0 Å². The molecule has 11 heteroatoms. The Morgan fingerprint density at radius 1 is 0.714 bits per heavy atom. The molecule has 0 amide bonds. The average Bonchev–Trinajstić information content (AvgIpc) is 2.28. The Labute approximate surface area is 118 Å². The summed E-state index contributed by atoms with van der Waals surface area (Å²) in [5.74, 6) is -9.40. The van der Waals surface area contributed by atoms with Crippen molar-refractivity contribution in [1.82, 2.24) is 0 Å². The van der Waals surface area contributed by atoms with Gasteiger partial charge in [0.1, 0.15) is 0 Å². The van der Waals surface area contributed by atoms with Gasteiger partial charge < -0.3 is 20.4 Å². The lowest BCUT2D eigenvalue weighted by atomic mass is 10.1. The molecule has 120 valence electrons. The molecular formula is C10H14O10S. The molecular weight excluding hydrogens is 312 g/mol. The summed E-state index contributed by atoms with van der Waals surface area (Å²) in [7, 11) is -5.68. The number of rotatable bonds is 8. The molecule has 4 N–H and O–H groups in total. The average molecular weight is 326 g/mol. The third-order valence-electron chi connectivity index (χ3n) is 3.30. The second kappa shape index (κ2) is 5.68. The molecule has 0 heterocycles. The standard InChI is InChI=1S/C10H14O10S/c1-3-9(5(11)12,6(13)14)21(19,20)10(4-2,7(15)16)8(17)18/h3-4H2,1-2H3,(H,11,12)(H,13,14)(H,15,16)(H,17,18). The van der Waals surface area contributed by atoms with E-state index in [1.165, 1.54) is 0 Å². The number of aliphatic carboxylic acids is 4. The normalized spacial score (nSPS) is 12.7. The van der Waals surface area contributed by atoms with Crippen molar-refractivity contribution in [1.29, 1.82) is 0 Å². The molecule has 0 spiro atoms. The zero-order chi connectivity index (χ0) is 17.2. The highest BCUT2D eigenvalue weighted by molar-refractivity contribution is 7.97. The lowest BCUT2D eigenvalue weighted by molar-refractivity contribution is -0.152. The van der Waals surface area contributed by atoms with Gasteiger partial charge in [-0.1, -0.05) is 13.8 Å². The fourth-order valence-corrected chi connectivity index (χ4v) is 4.20. The molecule has 0 atom stereocenters. The maximum atomic E-state index is 12.4. The molecule has 10 nitrogen and oxygen atoms in total. The van der Waals surface area contributed by atoms with Gasteiger partial charge in [0.25, 0.3) is 9.49 Å². The summed E-state index contributed by atoms with van der Waals surface area (Å²) in [4.78, 5) is 44.8. The van der Waals surface area contributed by atoms with E-state index in [2.05, 4.69) is 0 Å². The van der Waals surface area contributed by atoms with E-state index < -0.39 is 56.1 Å². The number of hydrogen-bond acceptors (Lipinski definition) is 6. The number of hydrogen-bond donors (Lipinski definition) is 4. The van der Waals surface area contributed by atoms with Gasteiger partial charge in [-0.15, -0.1) is 0 Å². The third-order valence-corrected chi connectivity index (χ3v) is 6.41. The maximum absolute atomic E-state index is 12.4.